The summed E-state index contributed by atoms with van der Waals surface area (Å²) < 4.78 is 7.95. The van der Waals surface area contributed by atoms with Crippen molar-refractivity contribution in [3.63, 3.8) is 0 Å². The van der Waals surface area contributed by atoms with Gasteiger partial charge in [0.2, 0.25) is 5.91 Å². The Balaban J connectivity index is 1.51. The zero-order valence-electron chi connectivity index (χ0n) is 24.5. The Hall–Kier alpha value is -5.46. The molecule has 0 fully saturated rings. The van der Waals surface area contributed by atoms with Gasteiger partial charge >= 0.3 is 0 Å². The first-order valence-corrected chi connectivity index (χ1v) is 13.9. The monoisotopic (exact) mass is 569 g/mol. The zero-order chi connectivity index (χ0) is 30.1. The summed E-state index contributed by atoms with van der Waals surface area (Å²) >= 11 is 0. The highest BCUT2D eigenvalue weighted by Gasteiger charge is 2.21. The van der Waals surface area contributed by atoms with Gasteiger partial charge in [0.25, 0.3) is 0 Å². The molecule has 0 spiro atoms. The average Bonchev–Trinajstić information content (AvgIpc) is 3.40. The van der Waals surface area contributed by atoms with E-state index in [0.29, 0.717) is 18.1 Å². The lowest BCUT2D eigenvalue weighted by atomic mass is 10.0. The second-order valence-electron chi connectivity index (χ2n) is 10.4. The number of carbonyl (C=O) groups is 1. The van der Waals surface area contributed by atoms with Crippen molar-refractivity contribution in [3.8, 4) is 40.1 Å². The summed E-state index contributed by atoms with van der Waals surface area (Å²) in [5.74, 6) is 7.52. The summed E-state index contributed by atoms with van der Waals surface area (Å²) in [6.07, 6.45) is 5.50. The summed E-state index contributed by atoms with van der Waals surface area (Å²) in [4.78, 5) is 28.7. The van der Waals surface area contributed by atoms with Gasteiger partial charge in [0.1, 0.15) is 29.5 Å². The average molecular weight is 570 g/mol. The first-order valence-electron chi connectivity index (χ1n) is 13.9. The molecule has 6 rings (SSSR count). The highest BCUT2D eigenvalue weighted by atomic mass is 16.5. The van der Waals surface area contributed by atoms with Crippen molar-refractivity contribution in [1.82, 2.24) is 24.7 Å². The number of carbonyl (C=O) groups excluding carboxylic acids is 1. The van der Waals surface area contributed by atoms with Gasteiger partial charge in [0, 0.05) is 48.0 Å². The third-order valence-corrected chi connectivity index (χ3v) is 7.48. The Morgan fingerprint density at radius 2 is 1.88 bits per heavy atom. The SMILES string of the molecule is C=C1COc2cc(C#Cc3nc(NC(=O)C(C)NC)ccc3-c3c(-c4ccncc4)nc4cc(C)ccn34)ccc2N1C. The first kappa shape index (κ1) is 27.7. The van der Waals surface area contributed by atoms with Gasteiger partial charge in [-0.25, -0.2) is 9.97 Å². The molecule has 214 valence electrons. The molecule has 0 aliphatic carbocycles. The van der Waals surface area contributed by atoms with E-state index in [-0.39, 0.29) is 11.9 Å². The van der Waals surface area contributed by atoms with Crippen LogP contribution in [0.15, 0.2) is 85.5 Å². The van der Waals surface area contributed by atoms with Crippen LogP contribution in [0.5, 0.6) is 5.75 Å². The summed E-state index contributed by atoms with van der Waals surface area (Å²) in [6, 6.07) is 17.1. The molecule has 43 heavy (non-hydrogen) atoms. The van der Waals surface area contributed by atoms with Crippen molar-refractivity contribution in [2.45, 2.75) is 19.9 Å². The Bertz CT molecular complexity index is 1940. The van der Waals surface area contributed by atoms with Crippen LogP contribution < -0.4 is 20.3 Å². The first-order chi connectivity index (χ1) is 20.8. The minimum atomic E-state index is -0.388. The van der Waals surface area contributed by atoms with E-state index in [0.717, 1.165) is 56.4 Å². The highest BCUT2D eigenvalue weighted by molar-refractivity contribution is 5.94. The lowest BCUT2D eigenvalue weighted by Crippen LogP contribution is -2.35. The predicted molar refractivity (Wildman–Crippen MR) is 169 cm³/mol. The molecule has 9 heteroatoms. The smallest absolute Gasteiger partial charge is 0.242 e. The molecular weight excluding hydrogens is 538 g/mol. The summed E-state index contributed by atoms with van der Waals surface area (Å²) in [5.41, 5.74) is 8.32. The third kappa shape index (κ3) is 5.44. The van der Waals surface area contributed by atoms with Gasteiger partial charge in [0.15, 0.2) is 0 Å². The van der Waals surface area contributed by atoms with Crippen molar-refractivity contribution in [2.75, 3.05) is 30.9 Å². The summed E-state index contributed by atoms with van der Waals surface area (Å²) in [6.45, 7) is 8.30. The van der Waals surface area contributed by atoms with E-state index in [4.69, 9.17) is 14.7 Å². The maximum atomic E-state index is 12.7. The quantitative estimate of drug-likeness (QED) is 0.286. The number of anilines is 2. The maximum Gasteiger partial charge on any atom is 0.242 e. The zero-order valence-corrected chi connectivity index (χ0v) is 24.5. The Kier molecular flexibility index (Phi) is 7.36. The molecule has 5 heterocycles. The molecule has 9 nitrogen and oxygen atoms in total. The number of ether oxygens (including phenoxy) is 1. The minimum absolute atomic E-state index is 0.193. The molecule has 1 aliphatic rings. The maximum absolute atomic E-state index is 12.7. The molecule has 0 bridgehead atoms. The van der Waals surface area contributed by atoms with Crippen LogP contribution in [0.2, 0.25) is 0 Å². The van der Waals surface area contributed by atoms with Crippen LogP contribution in [-0.2, 0) is 4.79 Å². The van der Waals surface area contributed by atoms with Crippen LogP contribution in [0.4, 0.5) is 11.5 Å². The van der Waals surface area contributed by atoms with E-state index in [1.54, 1.807) is 32.4 Å². The Morgan fingerprint density at radius 3 is 2.67 bits per heavy atom. The van der Waals surface area contributed by atoms with Crippen molar-refractivity contribution in [3.05, 3.63) is 102 Å². The second kappa shape index (κ2) is 11.4. The fourth-order valence-corrected chi connectivity index (χ4v) is 4.84. The molecule has 0 saturated heterocycles. The van der Waals surface area contributed by atoms with Gasteiger partial charge in [-0.1, -0.05) is 12.5 Å². The molecule has 2 N–H and O–H groups in total. The van der Waals surface area contributed by atoms with Crippen LogP contribution in [0.1, 0.15) is 23.7 Å². The fraction of sp³-hybridized carbons (Fsp3) is 0.176. The van der Waals surface area contributed by atoms with Gasteiger partial charge in [-0.3, -0.25) is 14.2 Å². The van der Waals surface area contributed by atoms with Crippen molar-refractivity contribution in [1.29, 1.82) is 0 Å². The summed E-state index contributed by atoms with van der Waals surface area (Å²) in [5, 5.41) is 5.86. The number of likely N-dealkylation sites (N-methyl/N-ethyl adjacent to an activating group) is 2. The number of pyridine rings is 3. The Morgan fingerprint density at radius 1 is 1.07 bits per heavy atom. The number of amides is 1. The molecule has 5 aromatic rings. The van der Waals surface area contributed by atoms with Gasteiger partial charge in [-0.2, -0.15) is 0 Å². The van der Waals surface area contributed by atoms with E-state index in [1.807, 2.05) is 78.0 Å². The van der Waals surface area contributed by atoms with E-state index in [1.165, 1.54) is 0 Å². The molecule has 1 unspecified atom stereocenters. The number of aromatic nitrogens is 4. The number of fused-ring (bicyclic) bond motifs is 2. The molecule has 4 aromatic heterocycles. The molecule has 1 atom stereocenters. The number of aryl methyl sites for hydroxylation is 1. The summed E-state index contributed by atoms with van der Waals surface area (Å²) in [7, 11) is 3.71. The molecule has 0 saturated carbocycles. The molecule has 1 aliphatic heterocycles. The number of imidazole rings is 1. The number of hydrogen-bond acceptors (Lipinski definition) is 7. The lowest BCUT2D eigenvalue weighted by molar-refractivity contribution is -0.117. The van der Waals surface area contributed by atoms with Gasteiger partial charge in [0.05, 0.1) is 23.1 Å². The Labute approximate surface area is 250 Å². The van der Waals surface area contributed by atoms with Crippen LogP contribution in [0, 0.1) is 18.8 Å². The number of nitrogens with zero attached hydrogens (tertiary/aromatic N) is 5. The molecule has 1 amide bonds. The van der Waals surface area contributed by atoms with Crippen molar-refractivity contribution in [2.24, 2.45) is 0 Å². The molecule has 0 radical (unpaired) electrons. The normalized spacial score (nSPS) is 13.1. The van der Waals surface area contributed by atoms with Crippen molar-refractivity contribution >= 4 is 23.1 Å². The number of nitrogens with one attached hydrogen (secondary N) is 2. The lowest BCUT2D eigenvalue weighted by Gasteiger charge is -2.29. The minimum Gasteiger partial charge on any atom is -0.485 e. The van der Waals surface area contributed by atoms with Crippen LogP contribution in [0.3, 0.4) is 0 Å². The number of hydrogen-bond donors (Lipinski definition) is 2. The molecular formula is C34H31N7O2. The predicted octanol–water partition coefficient (Wildman–Crippen LogP) is 5.06. The van der Waals surface area contributed by atoms with Gasteiger partial charge < -0.3 is 20.3 Å². The van der Waals surface area contributed by atoms with E-state index < -0.39 is 0 Å². The number of benzene rings is 1. The van der Waals surface area contributed by atoms with Crippen LogP contribution in [-0.4, -0.2) is 52.0 Å². The van der Waals surface area contributed by atoms with Crippen molar-refractivity contribution < 1.29 is 9.53 Å². The highest BCUT2D eigenvalue weighted by Crippen LogP contribution is 2.36. The van der Waals surface area contributed by atoms with Crippen LogP contribution in [0.25, 0.3) is 28.2 Å². The standard InChI is InChI=1S/C34H31N7O2/c1-21-14-17-41-31(18-21)39-32(25-12-15-36-16-13-25)33(41)26-8-11-30(38-34(42)23(3)35-4)37-27(26)9-6-24-7-10-28-29(19-24)43-20-22(2)40(28)5/h7-8,10-19,23,35H,2,20H2,1,3-5H3,(H,37,38,42). The second-order valence-corrected chi connectivity index (χ2v) is 10.4. The van der Waals surface area contributed by atoms with Gasteiger partial charge in [-0.05, 0) is 87.0 Å². The molecule has 1 aromatic carbocycles. The topological polar surface area (TPSA) is 96.7 Å². The third-order valence-electron chi connectivity index (χ3n) is 7.48. The largest absolute Gasteiger partial charge is 0.485 e. The van der Waals surface area contributed by atoms with Gasteiger partial charge in [-0.15, -0.1) is 0 Å². The van der Waals surface area contributed by atoms with E-state index in [2.05, 4.69) is 34.0 Å². The van der Waals surface area contributed by atoms with E-state index in [9.17, 15) is 4.79 Å². The van der Waals surface area contributed by atoms with E-state index >= 15 is 0 Å². The number of rotatable bonds is 5. The fourth-order valence-electron chi connectivity index (χ4n) is 4.84. The van der Waals surface area contributed by atoms with Crippen LogP contribution >= 0.6 is 0 Å².